The van der Waals surface area contributed by atoms with Crippen LogP contribution in [0, 0.1) is 5.82 Å². The molecule has 0 spiro atoms. The van der Waals surface area contributed by atoms with Gasteiger partial charge in [0.25, 0.3) is 17.7 Å². The molecule has 3 aromatic rings. The van der Waals surface area contributed by atoms with E-state index in [0.717, 1.165) is 11.3 Å². The molecule has 0 bridgehead atoms. The number of hydrazine groups is 1. The molecule has 0 unspecified atom stereocenters. The predicted molar refractivity (Wildman–Crippen MR) is 121 cm³/mol. The molecule has 3 amide bonds. The summed E-state index contributed by atoms with van der Waals surface area (Å²) in [7, 11) is 0. The molecule has 0 saturated carbocycles. The highest BCUT2D eigenvalue weighted by Crippen LogP contribution is 2.37. The van der Waals surface area contributed by atoms with Crippen molar-refractivity contribution in [2.45, 2.75) is 0 Å². The van der Waals surface area contributed by atoms with Gasteiger partial charge in [0.05, 0.1) is 10.7 Å². The number of carbonyl (C=O) groups is 3. The molecule has 0 atom stereocenters. The van der Waals surface area contributed by atoms with Crippen LogP contribution in [-0.2, 0) is 9.59 Å². The topological polar surface area (TPSA) is 96.5 Å². The largest absolute Gasteiger partial charge is 0.484 e. The van der Waals surface area contributed by atoms with Gasteiger partial charge in [-0.1, -0.05) is 27.5 Å². The lowest BCUT2D eigenvalue weighted by atomic mass is 10.2. The zero-order valence-electron chi connectivity index (χ0n) is 15.4. The highest BCUT2D eigenvalue weighted by atomic mass is 79.9. The van der Waals surface area contributed by atoms with Crippen molar-refractivity contribution >= 4 is 84.0 Å². The Bertz CT molecular complexity index is 1170. The van der Waals surface area contributed by atoms with Crippen molar-refractivity contribution in [1.82, 2.24) is 10.9 Å². The Hall–Kier alpha value is -2.40. The van der Waals surface area contributed by atoms with E-state index in [4.69, 9.17) is 27.9 Å². The molecular formula is C19H13BrCl2FN3O4S. The molecule has 0 radical (unpaired) electrons. The van der Waals surface area contributed by atoms with E-state index in [9.17, 15) is 18.8 Å². The molecule has 0 aliphatic carbocycles. The summed E-state index contributed by atoms with van der Waals surface area (Å²) in [5, 5.41) is 3.25. The maximum absolute atomic E-state index is 13.8. The minimum absolute atomic E-state index is 0.0363. The molecule has 3 rings (SSSR count). The summed E-state index contributed by atoms with van der Waals surface area (Å²) in [5.41, 5.74) is 4.41. The molecule has 0 saturated heterocycles. The van der Waals surface area contributed by atoms with Crippen molar-refractivity contribution in [2.24, 2.45) is 0 Å². The lowest BCUT2D eigenvalue weighted by Crippen LogP contribution is -2.42. The van der Waals surface area contributed by atoms with E-state index in [1.165, 1.54) is 12.1 Å². The quantitative estimate of drug-likeness (QED) is 0.313. The number of amides is 3. The number of halogens is 4. The molecule has 1 heterocycles. The minimum Gasteiger partial charge on any atom is -0.484 e. The van der Waals surface area contributed by atoms with Gasteiger partial charge in [-0.15, -0.1) is 22.9 Å². The fourth-order valence-corrected chi connectivity index (χ4v) is 4.26. The van der Waals surface area contributed by atoms with Gasteiger partial charge >= 0.3 is 0 Å². The van der Waals surface area contributed by atoms with Gasteiger partial charge < -0.3 is 10.1 Å². The molecule has 0 aliphatic heterocycles. The molecule has 162 valence electrons. The Morgan fingerprint density at radius 3 is 2.58 bits per heavy atom. The molecule has 1 aromatic heterocycles. The van der Waals surface area contributed by atoms with Crippen LogP contribution in [0.2, 0.25) is 5.02 Å². The van der Waals surface area contributed by atoms with Gasteiger partial charge in [0.1, 0.15) is 22.3 Å². The van der Waals surface area contributed by atoms with Crippen LogP contribution < -0.4 is 20.9 Å². The lowest BCUT2D eigenvalue weighted by molar-refractivity contribution is -0.119. The summed E-state index contributed by atoms with van der Waals surface area (Å²) in [6, 6.07) is 9.12. The maximum Gasteiger partial charge on any atom is 0.281 e. The van der Waals surface area contributed by atoms with E-state index >= 15 is 0 Å². The van der Waals surface area contributed by atoms with E-state index in [-0.39, 0.29) is 28.1 Å². The number of anilines is 1. The van der Waals surface area contributed by atoms with Crippen LogP contribution in [-0.4, -0.2) is 30.2 Å². The molecule has 3 N–H and O–H groups in total. The summed E-state index contributed by atoms with van der Waals surface area (Å²) in [6.07, 6.45) is 0. The number of nitrogens with one attached hydrogen (secondary N) is 3. The van der Waals surface area contributed by atoms with Crippen LogP contribution in [0.25, 0.3) is 10.1 Å². The van der Waals surface area contributed by atoms with Crippen molar-refractivity contribution < 1.29 is 23.5 Å². The number of hydrogen-bond donors (Lipinski definition) is 3. The van der Waals surface area contributed by atoms with Gasteiger partial charge in [-0.25, -0.2) is 4.39 Å². The number of hydrogen-bond acceptors (Lipinski definition) is 5. The van der Waals surface area contributed by atoms with E-state index in [1.807, 2.05) is 0 Å². The van der Waals surface area contributed by atoms with Gasteiger partial charge in [0.15, 0.2) is 6.61 Å². The molecule has 12 heteroatoms. The summed E-state index contributed by atoms with van der Waals surface area (Å²) < 4.78 is 20.5. The molecule has 7 nitrogen and oxygen atoms in total. The van der Waals surface area contributed by atoms with Crippen LogP contribution in [0.1, 0.15) is 9.67 Å². The SMILES string of the molecule is O=C(CCl)NNC(=O)c1sc2cc(OCC(=O)Nc3ccc(Br)cc3F)ccc2c1Cl. The highest BCUT2D eigenvalue weighted by Gasteiger charge is 2.18. The third-order valence-corrected chi connectivity index (χ3v) is 6.21. The summed E-state index contributed by atoms with van der Waals surface area (Å²) >= 11 is 15.8. The van der Waals surface area contributed by atoms with Crippen molar-refractivity contribution in [1.29, 1.82) is 0 Å². The predicted octanol–water partition coefficient (Wildman–Crippen LogP) is 4.47. The first-order chi connectivity index (χ1) is 14.8. The third-order valence-electron chi connectivity index (χ3n) is 3.82. The van der Waals surface area contributed by atoms with Crippen LogP contribution in [0.3, 0.4) is 0 Å². The van der Waals surface area contributed by atoms with Crippen molar-refractivity contribution in [3.8, 4) is 5.75 Å². The second-order valence-electron chi connectivity index (χ2n) is 6.00. The van der Waals surface area contributed by atoms with Gasteiger partial charge in [0, 0.05) is 14.6 Å². The van der Waals surface area contributed by atoms with E-state index in [1.54, 1.807) is 24.3 Å². The Kier molecular flexibility index (Phi) is 7.71. The standard InChI is InChI=1S/C19H13BrCl2FN3O4S/c20-9-1-4-13(12(23)5-9)24-16(28)8-30-10-2-3-11-14(6-10)31-18(17(11)22)19(29)26-25-15(27)7-21/h1-6H,7-8H2,(H,24,28)(H,25,27)(H,26,29). The number of fused-ring (bicyclic) bond motifs is 1. The number of ether oxygens (including phenoxy) is 1. The molecule has 0 fully saturated rings. The summed E-state index contributed by atoms with van der Waals surface area (Å²) in [6.45, 7) is -0.349. The van der Waals surface area contributed by atoms with Crippen molar-refractivity contribution in [2.75, 3.05) is 17.8 Å². The first-order valence-electron chi connectivity index (χ1n) is 8.53. The van der Waals surface area contributed by atoms with E-state index < -0.39 is 23.5 Å². The van der Waals surface area contributed by atoms with Gasteiger partial charge in [-0.2, -0.15) is 0 Å². The maximum atomic E-state index is 13.8. The average molecular weight is 549 g/mol. The van der Waals surface area contributed by atoms with Crippen LogP contribution in [0.15, 0.2) is 40.9 Å². The Morgan fingerprint density at radius 2 is 1.87 bits per heavy atom. The average Bonchev–Trinajstić information content (AvgIpc) is 3.08. The summed E-state index contributed by atoms with van der Waals surface area (Å²) in [4.78, 5) is 35.6. The minimum atomic E-state index is -0.594. The number of rotatable bonds is 6. The third kappa shape index (κ3) is 5.85. The number of benzene rings is 2. The number of thiophene rings is 1. The molecule has 0 aliphatic rings. The van der Waals surface area contributed by atoms with E-state index in [0.29, 0.717) is 20.3 Å². The smallest absolute Gasteiger partial charge is 0.281 e. The Balaban J connectivity index is 1.66. The van der Waals surface area contributed by atoms with Crippen LogP contribution in [0.5, 0.6) is 5.75 Å². The van der Waals surface area contributed by atoms with E-state index in [2.05, 4.69) is 32.1 Å². The number of alkyl halides is 1. The molecule has 31 heavy (non-hydrogen) atoms. The Labute approximate surface area is 197 Å². The molecular weight excluding hydrogens is 536 g/mol. The van der Waals surface area contributed by atoms with Gasteiger partial charge in [0.2, 0.25) is 0 Å². The molecule has 2 aromatic carbocycles. The lowest BCUT2D eigenvalue weighted by Gasteiger charge is -2.08. The zero-order valence-corrected chi connectivity index (χ0v) is 19.3. The second kappa shape index (κ2) is 10.3. The summed E-state index contributed by atoms with van der Waals surface area (Å²) in [5.74, 6) is -2.22. The first-order valence-corrected chi connectivity index (χ1v) is 11.1. The fourth-order valence-electron chi connectivity index (χ4n) is 2.42. The monoisotopic (exact) mass is 547 g/mol. The normalized spacial score (nSPS) is 10.6. The van der Waals surface area contributed by atoms with Crippen LogP contribution >= 0.6 is 50.5 Å². The van der Waals surface area contributed by atoms with Gasteiger partial charge in [-0.3, -0.25) is 25.2 Å². The first kappa shape index (κ1) is 23.3. The van der Waals surface area contributed by atoms with Crippen molar-refractivity contribution in [3.05, 3.63) is 56.6 Å². The van der Waals surface area contributed by atoms with Crippen LogP contribution in [0.4, 0.5) is 10.1 Å². The second-order valence-corrected chi connectivity index (χ2v) is 8.61. The van der Waals surface area contributed by atoms with Gasteiger partial charge in [-0.05, 0) is 36.4 Å². The number of carbonyl (C=O) groups excluding carboxylic acids is 3. The highest BCUT2D eigenvalue weighted by molar-refractivity contribution is 9.10. The zero-order chi connectivity index (χ0) is 22.5. The fraction of sp³-hybridized carbons (Fsp3) is 0.105. The Morgan fingerprint density at radius 1 is 1.10 bits per heavy atom. The van der Waals surface area contributed by atoms with Crippen molar-refractivity contribution in [3.63, 3.8) is 0 Å².